The molecule has 0 aromatic carbocycles. The number of amides is 1. The summed E-state index contributed by atoms with van der Waals surface area (Å²) >= 11 is 0. The number of hydrogen-bond acceptors (Lipinski definition) is 4. The molecular formula is C17H29N7O. The zero-order valence-electron chi connectivity index (χ0n) is 15.5. The van der Waals surface area contributed by atoms with Crippen molar-refractivity contribution < 1.29 is 4.79 Å². The molecule has 1 saturated heterocycles. The molecule has 2 heterocycles. The Morgan fingerprint density at radius 1 is 1.44 bits per heavy atom. The second kappa shape index (κ2) is 7.86. The lowest BCUT2D eigenvalue weighted by Crippen LogP contribution is -2.56. The van der Waals surface area contributed by atoms with E-state index in [2.05, 4.69) is 27.2 Å². The van der Waals surface area contributed by atoms with Crippen LogP contribution in [0.3, 0.4) is 0 Å². The summed E-state index contributed by atoms with van der Waals surface area (Å²) in [5.41, 5.74) is 0.859. The molecule has 8 heteroatoms. The van der Waals surface area contributed by atoms with Gasteiger partial charge in [-0.15, -0.1) is 0 Å². The first-order valence-electron chi connectivity index (χ1n) is 9.11. The van der Waals surface area contributed by atoms with E-state index >= 15 is 0 Å². The standard InChI is InChI=1S/C17H29N7O/c1-4-22(14-5-6-14)8-7-19-17(18-2)23-9-10-24(16(25)13-23)15-11-20-21(3)12-15/h11-12,14H,4-10,13H2,1-3H3,(H,18,19). The Bertz CT molecular complexity index is 622. The second-order valence-electron chi connectivity index (χ2n) is 6.67. The quantitative estimate of drug-likeness (QED) is 0.585. The van der Waals surface area contributed by atoms with Crippen LogP contribution >= 0.6 is 0 Å². The first kappa shape index (κ1) is 17.7. The molecular weight excluding hydrogens is 318 g/mol. The smallest absolute Gasteiger partial charge is 0.246 e. The minimum Gasteiger partial charge on any atom is -0.355 e. The number of guanidine groups is 1. The fourth-order valence-electron chi connectivity index (χ4n) is 3.36. The third kappa shape index (κ3) is 4.31. The number of hydrogen-bond donors (Lipinski definition) is 1. The van der Waals surface area contributed by atoms with Crippen molar-refractivity contribution in [2.75, 3.05) is 51.2 Å². The van der Waals surface area contributed by atoms with Crippen LogP contribution in [0.4, 0.5) is 5.69 Å². The van der Waals surface area contributed by atoms with Crippen LogP contribution in [0.25, 0.3) is 0 Å². The van der Waals surface area contributed by atoms with Crippen LogP contribution in [0.2, 0.25) is 0 Å². The Kier molecular flexibility index (Phi) is 5.57. The van der Waals surface area contributed by atoms with Crippen molar-refractivity contribution in [3.63, 3.8) is 0 Å². The van der Waals surface area contributed by atoms with E-state index in [1.807, 2.05) is 18.1 Å². The summed E-state index contributed by atoms with van der Waals surface area (Å²) < 4.78 is 1.72. The predicted octanol–water partition coefficient (Wildman–Crippen LogP) is 0.128. The fraction of sp³-hybridized carbons (Fsp3) is 0.706. The Morgan fingerprint density at radius 2 is 2.24 bits per heavy atom. The molecule has 0 spiro atoms. The molecule has 1 aliphatic carbocycles. The maximum Gasteiger partial charge on any atom is 0.246 e. The molecule has 138 valence electrons. The summed E-state index contributed by atoms with van der Waals surface area (Å²) in [6, 6.07) is 0.776. The van der Waals surface area contributed by atoms with Gasteiger partial charge < -0.3 is 15.1 Å². The van der Waals surface area contributed by atoms with Crippen LogP contribution in [0.15, 0.2) is 17.4 Å². The van der Waals surface area contributed by atoms with E-state index in [1.165, 1.54) is 12.8 Å². The van der Waals surface area contributed by atoms with E-state index in [0.29, 0.717) is 13.1 Å². The average Bonchev–Trinajstić information content (AvgIpc) is 3.36. The summed E-state index contributed by atoms with van der Waals surface area (Å²) in [6.07, 6.45) is 6.26. The molecule has 2 fully saturated rings. The normalized spacial score (nSPS) is 19.0. The third-order valence-corrected chi connectivity index (χ3v) is 4.89. The molecule has 1 aromatic heterocycles. The zero-order chi connectivity index (χ0) is 17.8. The van der Waals surface area contributed by atoms with E-state index in [9.17, 15) is 4.79 Å². The molecule has 25 heavy (non-hydrogen) atoms. The Morgan fingerprint density at radius 3 is 2.80 bits per heavy atom. The zero-order valence-corrected chi connectivity index (χ0v) is 15.5. The molecule has 1 saturated carbocycles. The Hall–Kier alpha value is -2.09. The SMILES string of the molecule is CCN(CCNC(=NC)N1CCN(c2cnn(C)c2)C(=O)C1)C1CC1. The summed E-state index contributed by atoms with van der Waals surface area (Å²) in [7, 11) is 3.63. The lowest BCUT2D eigenvalue weighted by molar-refractivity contribution is -0.120. The van der Waals surface area contributed by atoms with E-state index in [1.54, 1.807) is 22.8 Å². The van der Waals surface area contributed by atoms with Crippen molar-refractivity contribution in [3.05, 3.63) is 12.4 Å². The molecule has 0 atom stereocenters. The minimum atomic E-state index is 0.0790. The van der Waals surface area contributed by atoms with Crippen molar-refractivity contribution in [2.24, 2.45) is 12.0 Å². The lowest BCUT2D eigenvalue weighted by atomic mass is 10.3. The number of piperazine rings is 1. The van der Waals surface area contributed by atoms with Gasteiger partial charge in [0.2, 0.25) is 5.91 Å². The van der Waals surface area contributed by atoms with Crippen molar-refractivity contribution in [3.8, 4) is 0 Å². The maximum absolute atomic E-state index is 12.5. The van der Waals surface area contributed by atoms with Crippen molar-refractivity contribution in [2.45, 2.75) is 25.8 Å². The molecule has 1 aromatic rings. The number of aromatic nitrogens is 2. The largest absolute Gasteiger partial charge is 0.355 e. The van der Waals surface area contributed by atoms with Gasteiger partial charge in [-0.3, -0.25) is 19.4 Å². The molecule has 1 aliphatic heterocycles. The van der Waals surface area contributed by atoms with Gasteiger partial charge in [-0.25, -0.2) is 0 Å². The molecule has 8 nitrogen and oxygen atoms in total. The predicted molar refractivity (Wildman–Crippen MR) is 98.8 cm³/mol. The van der Waals surface area contributed by atoms with Gasteiger partial charge >= 0.3 is 0 Å². The Balaban J connectivity index is 1.50. The molecule has 0 radical (unpaired) electrons. The lowest BCUT2D eigenvalue weighted by Gasteiger charge is -2.35. The summed E-state index contributed by atoms with van der Waals surface area (Å²) in [6.45, 7) is 6.93. The van der Waals surface area contributed by atoms with Gasteiger partial charge in [-0.2, -0.15) is 5.10 Å². The average molecular weight is 347 g/mol. The third-order valence-electron chi connectivity index (χ3n) is 4.89. The number of nitrogens with one attached hydrogen (secondary N) is 1. The number of aliphatic imine (C=N–C) groups is 1. The first-order chi connectivity index (χ1) is 12.1. The first-order valence-corrected chi connectivity index (χ1v) is 9.11. The van der Waals surface area contributed by atoms with E-state index in [0.717, 1.165) is 43.9 Å². The van der Waals surface area contributed by atoms with Gasteiger partial charge in [0.25, 0.3) is 0 Å². The molecule has 0 unspecified atom stereocenters. The van der Waals surface area contributed by atoms with Gasteiger partial charge in [0, 0.05) is 52.5 Å². The number of nitrogens with zero attached hydrogens (tertiary/aromatic N) is 6. The van der Waals surface area contributed by atoms with Gasteiger partial charge in [0.05, 0.1) is 11.9 Å². The highest BCUT2D eigenvalue weighted by Crippen LogP contribution is 2.25. The highest BCUT2D eigenvalue weighted by Gasteiger charge is 2.29. The number of rotatable bonds is 6. The summed E-state index contributed by atoms with van der Waals surface area (Å²) in [4.78, 5) is 23.2. The van der Waals surface area contributed by atoms with Crippen LogP contribution in [0.5, 0.6) is 0 Å². The number of carbonyl (C=O) groups excluding carboxylic acids is 1. The molecule has 0 bridgehead atoms. The van der Waals surface area contributed by atoms with Gasteiger partial charge in [0.1, 0.15) is 6.54 Å². The van der Waals surface area contributed by atoms with E-state index in [4.69, 9.17) is 0 Å². The van der Waals surface area contributed by atoms with E-state index in [-0.39, 0.29) is 5.91 Å². The number of likely N-dealkylation sites (N-methyl/N-ethyl adjacent to an activating group) is 1. The van der Waals surface area contributed by atoms with Crippen LogP contribution in [-0.4, -0.2) is 83.8 Å². The van der Waals surface area contributed by atoms with Crippen LogP contribution in [0, 0.1) is 0 Å². The van der Waals surface area contributed by atoms with Crippen molar-refractivity contribution in [1.29, 1.82) is 0 Å². The van der Waals surface area contributed by atoms with Crippen LogP contribution in [0.1, 0.15) is 19.8 Å². The fourth-order valence-corrected chi connectivity index (χ4v) is 3.36. The Labute approximate surface area is 149 Å². The topological polar surface area (TPSA) is 69.0 Å². The minimum absolute atomic E-state index is 0.0790. The van der Waals surface area contributed by atoms with Crippen LogP contribution in [-0.2, 0) is 11.8 Å². The van der Waals surface area contributed by atoms with Gasteiger partial charge in [-0.05, 0) is 19.4 Å². The molecule has 2 aliphatic rings. The number of aryl methyl sites for hydroxylation is 1. The van der Waals surface area contributed by atoms with Gasteiger partial charge in [-0.1, -0.05) is 6.92 Å². The summed E-state index contributed by atoms with van der Waals surface area (Å²) in [5, 5.41) is 7.56. The number of anilines is 1. The van der Waals surface area contributed by atoms with Crippen LogP contribution < -0.4 is 10.2 Å². The van der Waals surface area contributed by atoms with Crippen molar-refractivity contribution in [1.82, 2.24) is 24.9 Å². The maximum atomic E-state index is 12.5. The monoisotopic (exact) mass is 347 g/mol. The molecule has 1 amide bonds. The second-order valence-corrected chi connectivity index (χ2v) is 6.67. The van der Waals surface area contributed by atoms with E-state index < -0.39 is 0 Å². The molecule has 3 rings (SSSR count). The molecule has 1 N–H and O–H groups in total. The van der Waals surface area contributed by atoms with Gasteiger partial charge in [0.15, 0.2) is 5.96 Å². The summed E-state index contributed by atoms with van der Waals surface area (Å²) in [5.74, 6) is 0.890. The van der Waals surface area contributed by atoms with Crippen molar-refractivity contribution >= 4 is 17.6 Å². The highest BCUT2D eigenvalue weighted by molar-refractivity contribution is 5.98. The number of carbonyl (C=O) groups is 1. The highest BCUT2D eigenvalue weighted by atomic mass is 16.2.